The summed E-state index contributed by atoms with van der Waals surface area (Å²) in [7, 11) is 1.60. The molecule has 0 spiro atoms. The number of carbonyl (C=O) groups is 1. The van der Waals surface area contributed by atoms with Crippen molar-refractivity contribution in [2.24, 2.45) is 0 Å². The average Bonchev–Trinajstić information content (AvgIpc) is 2.93. The van der Waals surface area contributed by atoms with E-state index >= 15 is 0 Å². The van der Waals surface area contributed by atoms with Crippen LogP contribution in [0.3, 0.4) is 0 Å². The monoisotopic (exact) mass is 303 g/mol. The summed E-state index contributed by atoms with van der Waals surface area (Å²) < 4.78 is 11.0. The van der Waals surface area contributed by atoms with Crippen LogP contribution in [0.2, 0.25) is 0 Å². The molecule has 1 aliphatic carbocycles. The molecule has 1 aliphatic heterocycles. The Morgan fingerprint density at radius 1 is 1.23 bits per heavy atom. The SMILES string of the molecule is CO[C@@H]1CN(c2ccc(C3CCCCC3)cc2)C(C)(C=O)O1. The molecule has 0 radical (unpaired) electrons. The number of aldehydes is 1. The minimum Gasteiger partial charge on any atom is -0.354 e. The van der Waals surface area contributed by atoms with E-state index in [9.17, 15) is 4.79 Å². The van der Waals surface area contributed by atoms with Crippen molar-refractivity contribution in [1.29, 1.82) is 0 Å². The van der Waals surface area contributed by atoms with Gasteiger partial charge in [0.15, 0.2) is 18.3 Å². The van der Waals surface area contributed by atoms with Crippen molar-refractivity contribution in [2.75, 3.05) is 18.6 Å². The molecule has 0 bridgehead atoms. The molecule has 3 rings (SSSR count). The number of benzene rings is 1. The normalized spacial score (nSPS) is 29.7. The second-order valence-corrected chi connectivity index (χ2v) is 6.49. The summed E-state index contributed by atoms with van der Waals surface area (Å²) in [5.74, 6) is 0.696. The van der Waals surface area contributed by atoms with E-state index < -0.39 is 5.72 Å². The lowest BCUT2D eigenvalue weighted by Crippen LogP contribution is -2.43. The van der Waals surface area contributed by atoms with Gasteiger partial charge in [0.25, 0.3) is 0 Å². The van der Waals surface area contributed by atoms with Crippen LogP contribution in [0.25, 0.3) is 0 Å². The first-order valence-corrected chi connectivity index (χ1v) is 8.21. The van der Waals surface area contributed by atoms with Crippen LogP contribution < -0.4 is 4.90 Å². The molecule has 4 heteroatoms. The van der Waals surface area contributed by atoms with E-state index in [1.54, 1.807) is 14.0 Å². The second-order valence-electron chi connectivity index (χ2n) is 6.49. The van der Waals surface area contributed by atoms with Gasteiger partial charge in [-0.05, 0) is 43.4 Å². The van der Waals surface area contributed by atoms with Gasteiger partial charge >= 0.3 is 0 Å². The van der Waals surface area contributed by atoms with E-state index in [1.807, 2.05) is 4.90 Å². The van der Waals surface area contributed by atoms with Crippen LogP contribution in [-0.2, 0) is 14.3 Å². The van der Waals surface area contributed by atoms with Crippen LogP contribution in [0.1, 0.15) is 50.5 Å². The first-order chi connectivity index (χ1) is 10.7. The van der Waals surface area contributed by atoms with Crippen molar-refractivity contribution >= 4 is 12.0 Å². The molecule has 0 aromatic heterocycles. The Kier molecular flexibility index (Phi) is 4.50. The quantitative estimate of drug-likeness (QED) is 0.799. The Labute approximate surface area is 132 Å². The van der Waals surface area contributed by atoms with Gasteiger partial charge in [-0.15, -0.1) is 0 Å². The number of anilines is 1. The van der Waals surface area contributed by atoms with E-state index in [0.717, 1.165) is 12.0 Å². The summed E-state index contributed by atoms with van der Waals surface area (Å²) in [6.07, 6.45) is 7.12. The highest BCUT2D eigenvalue weighted by Gasteiger charge is 2.43. The molecule has 2 fully saturated rings. The van der Waals surface area contributed by atoms with Gasteiger partial charge in [-0.3, -0.25) is 4.79 Å². The third-order valence-corrected chi connectivity index (χ3v) is 5.00. The molecular formula is C18H25NO3. The van der Waals surface area contributed by atoms with Crippen LogP contribution in [-0.4, -0.2) is 32.0 Å². The molecule has 120 valence electrons. The summed E-state index contributed by atoms with van der Waals surface area (Å²) in [6.45, 7) is 2.35. The molecule has 2 aliphatic rings. The van der Waals surface area contributed by atoms with Crippen LogP contribution in [0.5, 0.6) is 0 Å². The number of nitrogens with zero attached hydrogens (tertiary/aromatic N) is 1. The van der Waals surface area contributed by atoms with Gasteiger partial charge in [-0.25, -0.2) is 0 Å². The van der Waals surface area contributed by atoms with Crippen LogP contribution in [0.4, 0.5) is 5.69 Å². The zero-order valence-electron chi connectivity index (χ0n) is 13.5. The van der Waals surface area contributed by atoms with Gasteiger partial charge in [-0.2, -0.15) is 0 Å². The van der Waals surface area contributed by atoms with Crippen molar-refractivity contribution in [3.8, 4) is 0 Å². The minimum atomic E-state index is -0.951. The predicted octanol–water partition coefficient (Wildman–Crippen LogP) is 3.46. The number of hydrogen-bond donors (Lipinski definition) is 0. The summed E-state index contributed by atoms with van der Waals surface area (Å²) in [5, 5.41) is 0. The van der Waals surface area contributed by atoms with Gasteiger partial charge < -0.3 is 14.4 Å². The van der Waals surface area contributed by atoms with Crippen molar-refractivity contribution in [1.82, 2.24) is 0 Å². The number of carbonyl (C=O) groups excluding carboxylic acids is 1. The lowest BCUT2D eigenvalue weighted by molar-refractivity contribution is -0.155. The number of rotatable bonds is 4. The molecule has 1 saturated carbocycles. The Bertz CT molecular complexity index is 510. The van der Waals surface area contributed by atoms with E-state index in [0.29, 0.717) is 12.5 Å². The molecule has 1 saturated heterocycles. The van der Waals surface area contributed by atoms with E-state index in [1.165, 1.54) is 37.7 Å². The zero-order chi connectivity index (χ0) is 15.6. The van der Waals surface area contributed by atoms with Crippen molar-refractivity contribution < 1.29 is 14.3 Å². The Morgan fingerprint density at radius 3 is 2.50 bits per heavy atom. The average molecular weight is 303 g/mol. The van der Waals surface area contributed by atoms with Crippen molar-refractivity contribution in [3.63, 3.8) is 0 Å². The third-order valence-electron chi connectivity index (χ3n) is 5.00. The molecule has 1 unspecified atom stereocenters. The molecule has 1 aromatic carbocycles. The summed E-state index contributed by atoms with van der Waals surface area (Å²) >= 11 is 0. The largest absolute Gasteiger partial charge is 0.354 e. The lowest BCUT2D eigenvalue weighted by Gasteiger charge is -2.30. The van der Waals surface area contributed by atoms with Crippen LogP contribution in [0.15, 0.2) is 24.3 Å². The van der Waals surface area contributed by atoms with E-state index in [2.05, 4.69) is 24.3 Å². The molecule has 1 heterocycles. The topological polar surface area (TPSA) is 38.8 Å². The zero-order valence-corrected chi connectivity index (χ0v) is 13.5. The predicted molar refractivity (Wildman–Crippen MR) is 86.0 cm³/mol. The van der Waals surface area contributed by atoms with Gasteiger partial charge in [0.1, 0.15) is 0 Å². The van der Waals surface area contributed by atoms with Gasteiger partial charge in [0, 0.05) is 12.8 Å². The maximum absolute atomic E-state index is 11.5. The molecule has 1 aromatic rings. The maximum atomic E-state index is 11.5. The first-order valence-electron chi connectivity index (χ1n) is 8.21. The first kappa shape index (κ1) is 15.5. The summed E-state index contributed by atoms with van der Waals surface area (Å²) in [5.41, 5.74) is 1.47. The van der Waals surface area contributed by atoms with Gasteiger partial charge in [-0.1, -0.05) is 31.4 Å². The third kappa shape index (κ3) is 2.90. The Balaban J connectivity index is 1.78. The fraction of sp³-hybridized carbons (Fsp3) is 0.611. The molecule has 4 nitrogen and oxygen atoms in total. The number of methoxy groups -OCH3 is 1. The van der Waals surface area contributed by atoms with E-state index in [-0.39, 0.29) is 6.29 Å². The van der Waals surface area contributed by atoms with E-state index in [4.69, 9.17) is 9.47 Å². The smallest absolute Gasteiger partial charge is 0.198 e. The Morgan fingerprint density at radius 2 is 1.91 bits per heavy atom. The second kappa shape index (κ2) is 6.39. The Hall–Kier alpha value is -1.39. The highest BCUT2D eigenvalue weighted by atomic mass is 16.7. The van der Waals surface area contributed by atoms with Gasteiger partial charge in [0.05, 0.1) is 6.54 Å². The highest BCUT2D eigenvalue weighted by Crippen LogP contribution is 2.35. The molecule has 0 N–H and O–H groups in total. The molecule has 22 heavy (non-hydrogen) atoms. The standard InChI is InChI=1S/C18H25NO3/c1-18(13-20)19(12-17(21-2)22-18)16-10-8-15(9-11-16)14-6-4-3-5-7-14/h8-11,13-14,17H,3-7,12H2,1-2H3/t17-,18?/m0/s1. The number of hydrogen-bond acceptors (Lipinski definition) is 4. The summed E-state index contributed by atoms with van der Waals surface area (Å²) in [4.78, 5) is 13.4. The molecule has 0 amide bonds. The highest BCUT2D eigenvalue weighted by molar-refractivity contribution is 5.70. The van der Waals surface area contributed by atoms with Crippen molar-refractivity contribution in [3.05, 3.63) is 29.8 Å². The minimum absolute atomic E-state index is 0.367. The molecule has 2 atom stereocenters. The maximum Gasteiger partial charge on any atom is 0.198 e. The molecular weight excluding hydrogens is 278 g/mol. The van der Waals surface area contributed by atoms with Crippen LogP contribution in [0, 0.1) is 0 Å². The van der Waals surface area contributed by atoms with Crippen molar-refractivity contribution in [2.45, 2.75) is 57.0 Å². The fourth-order valence-electron chi connectivity index (χ4n) is 3.64. The lowest BCUT2D eigenvalue weighted by atomic mass is 9.84. The number of ether oxygens (including phenoxy) is 2. The van der Waals surface area contributed by atoms with Gasteiger partial charge in [0.2, 0.25) is 0 Å². The van der Waals surface area contributed by atoms with Crippen LogP contribution >= 0.6 is 0 Å². The summed E-state index contributed by atoms with van der Waals surface area (Å²) in [6, 6.07) is 8.62. The fourth-order valence-corrected chi connectivity index (χ4v) is 3.64.